The van der Waals surface area contributed by atoms with Gasteiger partial charge in [-0.15, -0.1) is 0 Å². The number of esters is 1. The lowest BCUT2D eigenvalue weighted by molar-refractivity contribution is -0.197. The zero-order chi connectivity index (χ0) is 14.9. The van der Waals surface area contributed by atoms with E-state index in [2.05, 4.69) is 0 Å². The van der Waals surface area contributed by atoms with Gasteiger partial charge < -0.3 is 14.2 Å². The Bertz CT molecular complexity index is 508. The maximum atomic E-state index is 12.2. The number of benzene rings is 1. The van der Waals surface area contributed by atoms with Crippen LogP contribution in [0.4, 0.5) is 0 Å². The van der Waals surface area contributed by atoms with Crippen molar-refractivity contribution in [1.29, 1.82) is 0 Å². The summed E-state index contributed by atoms with van der Waals surface area (Å²) in [6, 6.07) is 7.69. The van der Waals surface area contributed by atoms with Crippen LogP contribution >= 0.6 is 11.6 Å². The van der Waals surface area contributed by atoms with E-state index in [1.807, 2.05) is 24.3 Å². The predicted octanol–water partition coefficient (Wildman–Crippen LogP) is 3.14. The van der Waals surface area contributed by atoms with Crippen molar-refractivity contribution in [2.24, 2.45) is 5.92 Å². The smallest absolute Gasteiger partial charge is 0.309 e. The van der Waals surface area contributed by atoms with Gasteiger partial charge in [0, 0.05) is 17.9 Å². The van der Waals surface area contributed by atoms with Crippen LogP contribution in [0.1, 0.15) is 30.7 Å². The summed E-state index contributed by atoms with van der Waals surface area (Å²) in [4.78, 5) is 12.2. The first-order valence-electron chi connectivity index (χ1n) is 7.25. The van der Waals surface area contributed by atoms with Crippen LogP contribution in [0.5, 0.6) is 0 Å². The van der Waals surface area contributed by atoms with Gasteiger partial charge in [0.1, 0.15) is 0 Å². The summed E-state index contributed by atoms with van der Waals surface area (Å²) in [7, 11) is 1.43. The molecule has 2 aliphatic rings. The van der Waals surface area contributed by atoms with Crippen molar-refractivity contribution in [3.8, 4) is 0 Å². The van der Waals surface area contributed by atoms with E-state index in [0.29, 0.717) is 24.7 Å². The van der Waals surface area contributed by atoms with Gasteiger partial charge in [0.25, 0.3) is 0 Å². The van der Waals surface area contributed by atoms with E-state index < -0.39 is 5.79 Å². The third kappa shape index (κ3) is 2.93. The minimum absolute atomic E-state index is 0.119. The molecule has 1 saturated carbocycles. The van der Waals surface area contributed by atoms with E-state index in [9.17, 15) is 4.79 Å². The van der Waals surface area contributed by atoms with Crippen LogP contribution in [-0.4, -0.2) is 32.1 Å². The Kier molecular flexibility index (Phi) is 4.20. The fourth-order valence-electron chi connectivity index (χ4n) is 3.42. The molecular weight excluding hydrogens is 292 g/mol. The van der Waals surface area contributed by atoms with Crippen LogP contribution < -0.4 is 0 Å². The van der Waals surface area contributed by atoms with Crippen molar-refractivity contribution in [2.45, 2.75) is 31.0 Å². The second-order valence-corrected chi connectivity index (χ2v) is 6.07. The lowest BCUT2D eigenvalue weighted by atomic mass is 9.73. The second-order valence-electron chi connectivity index (χ2n) is 5.64. The lowest BCUT2D eigenvalue weighted by Gasteiger charge is -2.40. The molecule has 1 aliphatic carbocycles. The fraction of sp³-hybridized carbons (Fsp3) is 0.562. The van der Waals surface area contributed by atoms with Gasteiger partial charge in [-0.2, -0.15) is 0 Å². The Morgan fingerprint density at radius 2 is 1.95 bits per heavy atom. The molecule has 0 amide bonds. The number of methoxy groups -OCH3 is 1. The topological polar surface area (TPSA) is 44.8 Å². The number of carbonyl (C=O) groups excluding carboxylic acids is 1. The maximum absolute atomic E-state index is 12.2. The van der Waals surface area contributed by atoms with Crippen LogP contribution in [0.2, 0.25) is 5.02 Å². The maximum Gasteiger partial charge on any atom is 0.309 e. The van der Waals surface area contributed by atoms with Crippen LogP contribution in [0, 0.1) is 5.92 Å². The van der Waals surface area contributed by atoms with Crippen LogP contribution in [0.15, 0.2) is 24.3 Å². The third-order valence-electron chi connectivity index (χ3n) is 4.47. The molecule has 0 bridgehead atoms. The van der Waals surface area contributed by atoms with Gasteiger partial charge >= 0.3 is 5.97 Å². The van der Waals surface area contributed by atoms with Crippen LogP contribution in [0.25, 0.3) is 0 Å². The van der Waals surface area contributed by atoms with Gasteiger partial charge in [-0.05, 0) is 30.0 Å². The molecule has 2 fully saturated rings. The Morgan fingerprint density at radius 3 is 2.57 bits per heavy atom. The van der Waals surface area contributed by atoms with Crippen molar-refractivity contribution >= 4 is 17.6 Å². The summed E-state index contributed by atoms with van der Waals surface area (Å²) in [6.07, 6.45) is 2.18. The molecule has 0 N–H and O–H groups in total. The monoisotopic (exact) mass is 310 g/mol. The molecule has 0 aromatic heterocycles. The largest absolute Gasteiger partial charge is 0.469 e. The summed E-state index contributed by atoms with van der Waals surface area (Å²) in [5, 5.41) is 0.697. The molecule has 114 valence electrons. The molecular formula is C16H19ClO4. The molecule has 2 atom stereocenters. The highest BCUT2D eigenvalue weighted by atomic mass is 35.5. The normalized spacial score (nSPS) is 27.7. The van der Waals surface area contributed by atoms with Gasteiger partial charge in [0.2, 0.25) is 0 Å². The van der Waals surface area contributed by atoms with Gasteiger partial charge in [-0.25, -0.2) is 0 Å². The first-order valence-corrected chi connectivity index (χ1v) is 7.62. The van der Waals surface area contributed by atoms with E-state index in [4.69, 9.17) is 25.8 Å². The van der Waals surface area contributed by atoms with Gasteiger partial charge in [-0.1, -0.05) is 23.7 Å². The fourth-order valence-corrected chi connectivity index (χ4v) is 3.55. The quantitative estimate of drug-likeness (QED) is 0.787. The SMILES string of the molecule is COC(=O)C1CC2(CCC1c1ccc(Cl)cc1)OCCO2. The Balaban J connectivity index is 1.85. The molecule has 1 saturated heterocycles. The van der Waals surface area contributed by atoms with Gasteiger partial charge in [-0.3, -0.25) is 4.79 Å². The van der Waals surface area contributed by atoms with Crippen molar-refractivity contribution in [3.63, 3.8) is 0 Å². The van der Waals surface area contributed by atoms with E-state index in [1.165, 1.54) is 7.11 Å². The van der Waals surface area contributed by atoms with Crippen LogP contribution in [-0.2, 0) is 19.0 Å². The van der Waals surface area contributed by atoms with E-state index in [-0.39, 0.29) is 17.8 Å². The molecule has 0 radical (unpaired) electrons. The molecule has 3 rings (SSSR count). The zero-order valence-electron chi connectivity index (χ0n) is 12.0. The van der Waals surface area contributed by atoms with Crippen molar-refractivity contribution < 1.29 is 19.0 Å². The average Bonchev–Trinajstić information content (AvgIpc) is 2.95. The van der Waals surface area contributed by atoms with Gasteiger partial charge in [0.15, 0.2) is 5.79 Å². The Labute approximate surface area is 129 Å². The molecule has 21 heavy (non-hydrogen) atoms. The Hall–Kier alpha value is -1.10. The summed E-state index contributed by atoms with van der Waals surface area (Å²) in [5.41, 5.74) is 1.11. The van der Waals surface area contributed by atoms with Crippen molar-refractivity contribution in [3.05, 3.63) is 34.9 Å². The summed E-state index contributed by atoms with van der Waals surface area (Å²) >= 11 is 5.94. The molecule has 1 aliphatic heterocycles. The summed E-state index contributed by atoms with van der Waals surface area (Å²) in [6.45, 7) is 1.19. The highest BCUT2D eigenvalue weighted by molar-refractivity contribution is 6.30. The number of rotatable bonds is 2. The van der Waals surface area contributed by atoms with Crippen molar-refractivity contribution in [1.82, 2.24) is 0 Å². The van der Waals surface area contributed by atoms with E-state index in [0.717, 1.165) is 18.4 Å². The molecule has 1 spiro atoms. The highest BCUT2D eigenvalue weighted by Crippen LogP contribution is 2.46. The first kappa shape index (κ1) is 14.8. The lowest BCUT2D eigenvalue weighted by Crippen LogP contribution is -2.42. The Morgan fingerprint density at radius 1 is 1.29 bits per heavy atom. The molecule has 1 aromatic carbocycles. The number of ether oxygens (including phenoxy) is 3. The molecule has 2 unspecified atom stereocenters. The van der Waals surface area contributed by atoms with Gasteiger partial charge in [0.05, 0.1) is 26.2 Å². The number of halogens is 1. The van der Waals surface area contributed by atoms with Crippen LogP contribution in [0.3, 0.4) is 0 Å². The van der Waals surface area contributed by atoms with E-state index in [1.54, 1.807) is 0 Å². The highest BCUT2D eigenvalue weighted by Gasteiger charge is 2.48. The van der Waals surface area contributed by atoms with E-state index >= 15 is 0 Å². The zero-order valence-corrected chi connectivity index (χ0v) is 12.8. The second kappa shape index (κ2) is 5.95. The average molecular weight is 311 g/mol. The number of hydrogen-bond acceptors (Lipinski definition) is 4. The third-order valence-corrected chi connectivity index (χ3v) is 4.72. The predicted molar refractivity (Wildman–Crippen MR) is 78.2 cm³/mol. The minimum Gasteiger partial charge on any atom is -0.469 e. The molecule has 4 nitrogen and oxygen atoms in total. The van der Waals surface area contributed by atoms with Crippen molar-refractivity contribution in [2.75, 3.05) is 20.3 Å². The number of hydrogen-bond donors (Lipinski definition) is 0. The number of carbonyl (C=O) groups is 1. The molecule has 5 heteroatoms. The summed E-state index contributed by atoms with van der Waals surface area (Å²) < 4.78 is 16.5. The standard InChI is InChI=1S/C16H19ClO4/c1-19-15(18)14-10-16(20-8-9-21-16)7-6-13(14)11-2-4-12(17)5-3-11/h2-5,13-14H,6-10H2,1H3. The first-order chi connectivity index (χ1) is 10.1. The summed E-state index contributed by atoms with van der Waals surface area (Å²) in [5.74, 6) is -0.925. The molecule has 1 aromatic rings. The minimum atomic E-state index is -0.595. The molecule has 1 heterocycles.